The Morgan fingerprint density at radius 1 is 1.17 bits per heavy atom. The second kappa shape index (κ2) is 9.03. The molecule has 5 nitrogen and oxygen atoms in total. The molecule has 1 unspecified atom stereocenters. The number of anilines is 2. The van der Waals surface area contributed by atoms with E-state index in [-0.39, 0.29) is 24.2 Å². The first-order chi connectivity index (χ1) is 11.0. The minimum absolute atomic E-state index is 0. The summed E-state index contributed by atoms with van der Waals surface area (Å²) in [5, 5.41) is 2.86. The van der Waals surface area contributed by atoms with Gasteiger partial charge in [-0.1, -0.05) is 19.1 Å². The van der Waals surface area contributed by atoms with Gasteiger partial charge in [0.2, 0.25) is 5.91 Å². The largest absolute Gasteiger partial charge is 0.497 e. The number of nitrogens with two attached hydrogens (primary N) is 1. The number of hydrogen-bond acceptors (Lipinski definition) is 4. The smallest absolute Gasteiger partial charge is 0.224 e. The van der Waals surface area contributed by atoms with Gasteiger partial charge in [-0.15, -0.1) is 12.4 Å². The second-order valence-electron chi connectivity index (χ2n) is 5.39. The predicted molar refractivity (Wildman–Crippen MR) is 99.3 cm³/mol. The highest BCUT2D eigenvalue weighted by molar-refractivity contribution is 5.92. The molecule has 0 aromatic heterocycles. The highest BCUT2D eigenvalue weighted by Crippen LogP contribution is 2.26. The Bertz CT molecular complexity index is 692. The van der Waals surface area contributed by atoms with E-state index in [1.54, 1.807) is 32.4 Å². The summed E-state index contributed by atoms with van der Waals surface area (Å²) in [7, 11) is 3.18. The maximum absolute atomic E-state index is 12.2. The Labute approximate surface area is 148 Å². The van der Waals surface area contributed by atoms with E-state index in [0.29, 0.717) is 23.5 Å². The van der Waals surface area contributed by atoms with Crippen molar-refractivity contribution in [1.82, 2.24) is 0 Å². The number of ether oxygens (including phenoxy) is 2. The van der Waals surface area contributed by atoms with Crippen molar-refractivity contribution in [3.63, 3.8) is 0 Å². The molecule has 3 N–H and O–H groups in total. The Morgan fingerprint density at radius 2 is 1.92 bits per heavy atom. The third kappa shape index (κ3) is 5.06. The van der Waals surface area contributed by atoms with Gasteiger partial charge in [0.05, 0.1) is 19.9 Å². The molecule has 0 saturated heterocycles. The molecule has 0 heterocycles. The molecule has 0 saturated carbocycles. The Morgan fingerprint density at radius 3 is 2.54 bits per heavy atom. The van der Waals surface area contributed by atoms with Gasteiger partial charge in [0.25, 0.3) is 0 Å². The van der Waals surface area contributed by atoms with Crippen LogP contribution in [0.5, 0.6) is 11.5 Å². The minimum atomic E-state index is -0.0649. The van der Waals surface area contributed by atoms with Crippen molar-refractivity contribution >= 4 is 29.7 Å². The summed E-state index contributed by atoms with van der Waals surface area (Å²) in [4.78, 5) is 12.2. The van der Waals surface area contributed by atoms with Gasteiger partial charge < -0.3 is 20.5 Å². The van der Waals surface area contributed by atoms with Crippen LogP contribution in [0.2, 0.25) is 0 Å². The summed E-state index contributed by atoms with van der Waals surface area (Å²) < 4.78 is 10.3. The summed E-state index contributed by atoms with van der Waals surface area (Å²) in [6, 6.07) is 12.9. The predicted octanol–water partition coefficient (Wildman–Crippen LogP) is 3.84. The third-order valence-electron chi connectivity index (χ3n) is 3.67. The Hall–Kier alpha value is -2.40. The Kier molecular flexibility index (Phi) is 7.39. The molecule has 0 aliphatic heterocycles. The zero-order chi connectivity index (χ0) is 16.8. The maximum Gasteiger partial charge on any atom is 0.224 e. The normalized spacial score (nSPS) is 11.1. The third-order valence-corrected chi connectivity index (χ3v) is 3.67. The van der Waals surface area contributed by atoms with Gasteiger partial charge in [-0.25, -0.2) is 0 Å². The van der Waals surface area contributed by atoms with Gasteiger partial charge >= 0.3 is 0 Å². The van der Waals surface area contributed by atoms with Gasteiger partial charge in [-0.2, -0.15) is 0 Å². The number of hydrogen-bond donors (Lipinski definition) is 2. The van der Waals surface area contributed by atoms with E-state index < -0.39 is 0 Å². The molecule has 130 valence electrons. The molecule has 6 heteroatoms. The number of benzene rings is 2. The minimum Gasteiger partial charge on any atom is -0.497 e. The average molecular weight is 351 g/mol. The van der Waals surface area contributed by atoms with Crippen LogP contribution >= 0.6 is 12.4 Å². The lowest BCUT2D eigenvalue weighted by molar-refractivity contribution is -0.116. The quantitative estimate of drug-likeness (QED) is 0.776. The van der Waals surface area contributed by atoms with Crippen molar-refractivity contribution in [2.75, 3.05) is 25.3 Å². The molecule has 0 aliphatic rings. The van der Waals surface area contributed by atoms with Crippen LogP contribution in [0, 0.1) is 0 Å². The van der Waals surface area contributed by atoms with Crippen LogP contribution in [0.1, 0.15) is 24.8 Å². The number of carbonyl (C=O) groups is 1. The molecule has 0 fully saturated rings. The lowest BCUT2D eigenvalue weighted by Gasteiger charge is -2.14. The fourth-order valence-corrected chi connectivity index (χ4v) is 2.37. The van der Waals surface area contributed by atoms with E-state index in [4.69, 9.17) is 15.2 Å². The molecule has 1 amide bonds. The van der Waals surface area contributed by atoms with Crippen molar-refractivity contribution in [3.8, 4) is 11.5 Å². The van der Waals surface area contributed by atoms with Gasteiger partial charge in [0.1, 0.15) is 11.5 Å². The first-order valence-electron chi connectivity index (χ1n) is 7.40. The van der Waals surface area contributed by atoms with E-state index >= 15 is 0 Å². The van der Waals surface area contributed by atoms with Gasteiger partial charge in [0, 0.05) is 12.1 Å². The number of methoxy groups -OCH3 is 2. The van der Waals surface area contributed by atoms with Gasteiger partial charge in [-0.3, -0.25) is 4.79 Å². The molecular weight excluding hydrogens is 328 g/mol. The average Bonchev–Trinajstić information content (AvgIpc) is 2.55. The summed E-state index contributed by atoms with van der Waals surface area (Å²) in [6.45, 7) is 2.01. The second-order valence-corrected chi connectivity index (χ2v) is 5.39. The van der Waals surface area contributed by atoms with Crippen molar-refractivity contribution in [3.05, 3.63) is 48.0 Å². The molecule has 24 heavy (non-hydrogen) atoms. The number of nitrogen functional groups attached to an aromatic ring is 1. The van der Waals surface area contributed by atoms with E-state index in [0.717, 1.165) is 11.3 Å². The number of nitrogens with one attached hydrogen (secondary N) is 1. The van der Waals surface area contributed by atoms with E-state index in [1.165, 1.54) is 0 Å². The van der Waals surface area contributed by atoms with E-state index in [9.17, 15) is 4.79 Å². The van der Waals surface area contributed by atoms with Gasteiger partial charge in [0.15, 0.2) is 0 Å². The SMILES string of the molecule is COc1cccc(C(C)CC(=O)Nc2ccc(OC)c(N)c2)c1.Cl. The summed E-state index contributed by atoms with van der Waals surface area (Å²) in [5.41, 5.74) is 8.06. The summed E-state index contributed by atoms with van der Waals surface area (Å²) >= 11 is 0. The lowest BCUT2D eigenvalue weighted by Crippen LogP contribution is -2.14. The standard InChI is InChI=1S/C18H22N2O3.ClH/c1-12(13-5-4-6-15(10-13)22-2)9-18(21)20-14-7-8-17(23-3)16(19)11-14;/h4-8,10-12H,9,19H2,1-3H3,(H,20,21);1H. The highest BCUT2D eigenvalue weighted by Gasteiger charge is 2.13. The number of carbonyl (C=O) groups excluding carboxylic acids is 1. The van der Waals surface area contributed by atoms with Crippen LogP contribution in [0.25, 0.3) is 0 Å². The monoisotopic (exact) mass is 350 g/mol. The zero-order valence-electron chi connectivity index (χ0n) is 14.0. The van der Waals surface area contributed by atoms with Crippen molar-refractivity contribution < 1.29 is 14.3 Å². The summed E-state index contributed by atoms with van der Waals surface area (Å²) in [6.07, 6.45) is 0.374. The topological polar surface area (TPSA) is 73.6 Å². The Balaban J connectivity index is 0.00000288. The number of amides is 1. The number of halogens is 1. The van der Waals surface area contributed by atoms with E-state index in [1.807, 2.05) is 31.2 Å². The van der Waals surface area contributed by atoms with Crippen LogP contribution in [-0.2, 0) is 4.79 Å². The zero-order valence-corrected chi connectivity index (χ0v) is 14.9. The van der Waals surface area contributed by atoms with Crippen molar-refractivity contribution in [2.24, 2.45) is 0 Å². The lowest BCUT2D eigenvalue weighted by atomic mass is 9.97. The van der Waals surface area contributed by atoms with Crippen LogP contribution in [0.3, 0.4) is 0 Å². The first-order valence-corrected chi connectivity index (χ1v) is 7.40. The molecule has 2 rings (SSSR count). The van der Waals surface area contributed by atoms with Crippen molar-refractivity contribution in [2.45, 2.75) is 19.3 Å². The fourth-order valence-electron chi connectivity index (χ4n) is 2.37. The first kappa shape index (κ1) is 19.6. The van der Waals surface area contributed by atoms with Crippen LogP contribution in [0.15, 0.2) is 42.5 Å². The molecular formula is C18H23ClN2O3. The summed E-state index contributed by atoms with van der Waals surface area (Å²) in [5.74, 6) is 1.40. The molecule has 2 aromatic carbocycles. The van der Waals surface area contributed by atoms with Crippen molar-refractivity contribution in [1.29, 1.82) is 0 Å². The van der Waals surface area contributed by atoms with Crippen LogP contribution < -0.4 is 20.5 Å². The molecule has 0 radical (unpaired) electrons. The maximum atomic E-state index is 12.2. The molecule has 0 aliphatic carbocycles. The van der Waals surface area contributed by atoms with Crippen LogP contribution in [-0.4, -0.2) is 20.1 Å². The molecule has 0 bridgehead atoms. The molecule has 0 spiro atoms. The van der Waals surface area contributed by atoms with Gasteiger partial charge in [-0.05, 0) is 41.8 Å². The highest BCUT2D eigenvalue weighted by atomic mass is 35.5. The van der Waals surface area contributed by atoms with E-state index in [2.05, 4.69) is 5.32 Å². The number of rotatable bonds is 6. The molecule has 2 aromatic rings. The van der Waals surface area contributed by atoms with Crippen LogP contribution in [0.4, 0.5) is 11.4 Å². The fraction of sp³-hybridized carbons (Fsp3) is 0.278. The molecule has 1 atom stereocenters.